The Morgan fingerprint density at radius 1 is 1.06 bits per heavy atom. The maximum Gasteiger partial charge on any atom is 0.154 e. The van der Waals surface area contributed by atoms with Gasteiger partial charge in [0.1, 0.15) is 11.6 Å². The summed E-state index contributed by atoms with van der Waals surface area (Å²) in [5.74, 6) is 2.33. The summed E-state index contributed by atoms with van der Waals surface area (Å²) in [5, 5.41) is 4.60. The van der Waals surface area contributed by atoms with E-state index in [1.807, 2.05) is 42.5 Å². The first-order valence-corrected chi connectivity index (χ1v) is 12.1. The van der Waals surface area contributed by atoms with Crippen LogP contribution in [-0.4, -0.2) is 47.7 Å². The van der Waals surface area contributed by atoms with E-state index in [1.54, 1.807) is 7.11 Å². The van der Waals surface area contributed by atoms with E-state index in [0.29, 0.717) is 11.9 Å². The molecule has 0 aliphatic rings. The Hall–Kier alpha value is -2.44. The Balaban J connectivity index is 1.82. The van der Waals surface area contributed by atoms with Gasteiger partial charge in [0.15, 0.2) is 5.82 Å². The Kier molecular flexibility index (Phi) is 9.06. The molecule has 1 heterocycles. The van der Waals surface area contributed by atoms with Crippen molar-refractivity contribution in [2.24, 2.45) is 0 Å². The highest BCUT2D eigenvalue weighted by atomic mass is 79.9. The summed E-state index contributed by atoms with van der Waals surface area (Å²) in [6, 6.07) is 14.4. The van der Waals surface area contributed by atoms with Gasteiger partial charge in [-0.1, -0.05) is 48.0 Å². The van der Waals surface area contributed by atoms with E-state index in [4.69, 9.17) is 14.7 Å². The molecule has 1 atom stereocenters. The second-order valence-corrected chi connectivity index (χ2v) is 8.83. The van der Waals surface area contributed by atoms with E-state index in [2.05, 4.69) is 59.1 Å². The minimum atomic E-state index is 0.304. The SMILES string of the molecule is CCN(CC)CCC[C@@H](C)Nc1nc(/C=C/c2ccc(Br)cc2)nc2ccc(OC)cc12. The molecule has 3 aromatic rings. The van der Waals surface area contributed by atoms with Gasteiger partial charge in [-0.15, -0.1) is 0 Å². The van der Waals surface area contributed by atoms with Crippen LogP contribution in [0.2, 0.25) is 0 Å². The Labute approximate surface area is 200 Å². The number of aromatic nitrogens is 2. The van der Waals surface area contributed by atoms with Crippen molar-refractivity contribution in [1.82, 2.24) is 14.9 Å². The summed E-state index contributed by atoms with van der Waals surface area (Å²) in [6.45, 7) is 9.97. The lowest BCUT2D eigenvalue weighted by atomic mass is 10.1. The fraction of sp³-hybridized carbons (Fsp3) is 0.385. The van der Waals surface area contributed by atoms with Gasteiger partial charge in [-0.3, -0.25) is 0 Å². The Morgan fingerprint density at radius 3 is 2.50 bits per heavy atom. The van der Waals surface area contributed by atoms with Crippen LogP contribution in [0, 0.1) is 0 Å². The van der Waals surface area contributed by atoms with Gasteiger partial charge in [0.05, 0.1) is 12.6 Å². The molecule has 0 fully saturated rings. The minimum absolute atomic E-state index is 0.304. The van der Waals surface area contributed by atoms with Crippen molar-refractivity contribution >= 4 is 44.8 Å². The molecule has 0 amide bonds. The third-order valence-corrected chi connectivity index (χ3v) is 6.13. The molecule has 0 saturated carbocycles. The van der Waals surface area contributed by atoms with E-state index in [1.165, 1.54) is 0 Å². The number of nitrogens with one attached hydrogen (secondary N) is 1. The summed E-state index contributed by atoms with van der Waals surface area (Å²) in [5.41, 5.74) is 2.00. The molecular weight excluding hydrogens is 464 g/mol. The second kappa shape index (κ2) is 12.0. The number of methoxy groups -OCH3 is 1. The van der Waals surface area contributed by atoms with Gasteiger partial charge < -0.3 is 15.0 Å². The van der Waals surface area contributed by atoms with Crippen LogP contribution in [0.3, 0.4) is 0 Å². The summed E-state index contributed by atoms with van der Waals surface area (Å²) in [6.07, 6.45) is 6.23. The van der Waals surface area contributed by atoms with Crippen LogP contribution in [0.5, 0.6) is 5.75 Å². The molecule has 6 heteroatoms. The summed E-state index contributed by atoms with van der Waals surface area (Å²) < 4.78 is 6.50. The van der Waals surface area contributed by atoms with Crippen LogP contribution in [0.15, 0.2) is 46.9 Å². The van der Waals surface area contributed by atoms with Gasteiger partial charge in [0.25, 0.3) is 0 Å². The number of rotatable bonds is 11. The summed E-state index contributed by atoms with van der Waals surface area (Å²) >= 11 is 3.48. The lowest BCUT2D eigenvalue weighted by molar-refractivity contribution is 0.295. The quantitative estimate of drug-likeness (QED) is 0.328. The van der Waals surface area contributed by atoms with Crippen molar-refractivity contribution in [3.63, 3.8) is 0 Å². The molecule has 0 aliphatic carbocycles. The van der Waals surface area contributed by atoms with Crippen molar-refractivity contribution < 1.29 is 4.74 Å². The van der Waals surface area contributed by atoms with Crippen LogP contribution in [0.25, 0.3) is 23.1 Å². The van der Waals surface area contributed by atoms with Crippen molar-refractivity contribution in [2.45, 2.75) is 39.7 Å². The summed E-state index contributed by atoms with van der Waals surface area (Å²) in [4.78, 5) is 12.1. The number of fused-ring (bicyclic) bond motifs is 1. The third kappa shape index (κ3) is 6.78. The van der Waals surface area contributed by atoms with Crippen LogP contribution >= 0.6 is 15.9 Å². The standard InChI is InChI=1S/C26H33BrN4O/c1-5-31(6-2)17-7-8-19(3)28-26-23-18-22(32-4)14-15-24(23)29-25(30-26)16-11-20-9-12-21(27)13-10-20/h9-16,18-19H,5-8,17H2,1-4H3,(H,28,29,30)/b16-11+/t19-/m1/s1. The maximum absolute atomic E-state index is 5.44. The highest BCUT2D eigenvalue weighted by molar-refractivity contribution is 9.10. The lowest BCUT2D eigenvalue weighted by Gasteiger charge is -2.20. The molecule has 2 aromatic carbocycles. The van der Waals surface area contributed by atoms with Gasteiger partial charge in [-0.05, 0) is 81.4 Å². The number of ether oxygens (including phenoxy) is 1. The molecule has 0 radical (unpaired) electrons. The molecule has 1 N–H and O–H groups in total. The molecule has 0 bridgehead atoms. The van der Waals surface area contributed by atoms with Gasteiger partial charge in [-0.2, -0.15) is 0 Å². The largest absolute Gasteiger partial charge is 0.497 e. The summed E-state index contributed by atoms with van der Waals surface area (Å²) in [7, 11) is 1.68. The van der Waals surface area contributed by atoms with Gasteiger partial charge >= 0.3 is 0 Å². The minimum Gasteiger partial charge on any atom is -0.497 e. The highest BCUT2D eigenvalue weighted by Gasteiger charge is 2.11. The monoisotopic (exact) mass is 496 g/mol. The van der Waals surface area contributed by atoms with E-state index in [-0.39, 0.29) is 0 Å². The number of hydrogen-bond donors (Lipinski definition) is 1. The predicted molar refractivity (Wildman–Crippen MR) is 139 cm³/mol. The van der Waals surface area contributed by atoms with Crippen LogP contribution in [0.1, 0.15) is 45.0 Å². The first kappa shape index (κ1) is 24.2. The number of halogens is 1. The molecule has 0 aliphatic heterocycles. The zero-order chi connectivity index (χ0) is 22.9. The van der Waals surface area contributed by atoms with Crippen LogP contribution in [-0.2, 0) is 0 Å². The van der Waals surface area contributed by atoms with Gasteiger partial charge in [0.2, 0.25) is 0 Å². The third-order valence-electron chi connectivity index (χ3n) is 5.60. The number of anilines is 1. The lowest BCUT2D eigenvalue weighted by Crippen LogP contribution is -2.25. The molecule has 3 rings (SSSR count). The molecule has 0 unspecified atom stereocenters. The smallest absolute Gasteiger partial charge is 0.154 e. The normalized spacial score (nSPS) is 12.6. The Bertz CT molecular complexity index is 1030. The van der Waals surface area contributed by atoms with Gasteiger partial charge in [0, 0.05) is 15.9 Å². The molecule has 5 nitrogen and oxygen atoms in total. The van der Waals surface area contributed by atoms with Crippen molar-refractivity contribution in [3.05, 3.63) is 58.3 Å². The first-order chi connectivity index (χ1) is 15.5. The fourth-order valence-corrected chi connectivity index (χ4v) is 3.91. The van der Waals surface area contributed by atoms with E-state index >= 15 is 0 Å². The zero-order valence-electron chi connectivity index (χ0n) is 19.4. The zero-order valence-corrected chi connectivity index (χ0v) is 21.0. The molecular formula is C26H33BrN4O. The van der Waals surface area contributed by atoms with Gasteiger partial charge in [-0.25, -0.2) is 9.97 Å². The van der Waals surface area contributed by atoms with Crippen molar-refractivity contribution in [1.29, 1.82) is 0 Å². The average Bonchev–Trinajstić information content (AvgIpc) is 2.81. The van der Waals surface area contributed by atoms with E-state index in [0.717, 1.165) is 65.0 Å². The van der Waals surface area contributed by atoms with E-state index in [9.17, 15) is 0 Å². The molecule has 0 spiro atoms. The van der Waals surface area contributed by atoms with Crippen molar-refractivity contribution in [3.8, 4) is 5.75 Å². The fourth-order valence-electron chi connectivity index (χ4n) is 3.65. The number of benzene rings is 2. The highest BCUT2D eigenvalue weighted by Crippen LogP contribution is 2.26. The number of hydrogen-bond acceptors (Lipinski definition) is 5. The molecule has 1 aromatic heterocycles. The van der Waals surface area contributed by atoms with Crippen molar-refractivity contribution in [2.75, 3.05) is 32.1 Å². The Morgan fingerprint density at radius 2 is 1.81 bits per heavy atom. The maximum atomic E-state index is 5.44. The van der Waals surface area contributed by atoms with Crippen LogP contribution in [0.4, 0.5) is 5.82 Å². The average molecular weight is 497 g/mol. The molecule has 32 heavy (non-hydrogen) atoms. The molecule has 0 saturated heterocycles. The first-order valence-electron chi connectivity index (χ1n) is 11.3. The molecule has 170 valence electrons. The van der Waals surface area contributed by atoms with Crippen LogP contribution < -0.4 is 10.1 Å². The van der Waals surface area contributed by atoms with E-state index < -0.39 is 0 Å². The number of nitrogens with zero attached hydrogens (tertiary/aromatic N) is 3. The predicted octanol–water partition coefficient (Wildman–Crippen LogP) is 6.49. The topological polar surface area (TPSA) is 50.3 Å². The second-order valence-electron chi connectivity index (χ2n) is 7.91.